The molecule has 0 fully saturated rings. The maximum absolute atomic E-state index is 13.1. The van der Waals surface area contributed by atoms with Crippen LogP contribution in [-0.2, 0) is 24.1 Å². The van der Waals surface area contributed by atoms with Gasteiger partial charge >= 0.3 is 12.1 Å². The first-order chi connectivity index (χ1) is 16.3. The van der Waals surface area contributed by atoms with Crippen molar-refractivity contribution in [2.75, 3.05) is 7.11 Å². The summed E-state index contributed by atoms with van der Waals surface area (Å²) in [7, 11) is 1.56. The number of carboxylic acid groups (broad SMARTS) is 1. The number of carbonyl (C=O) groups is 1. The number of ether oxygens (including phenoxy) is 1. The fraction of sp³-hybridized carbons (Fsp3) is 0.192. The lowest BCUT2D eigenvalue weighted by atomic mass is 10.0. The maximum atomic E-state index is 13.1. The first kappa shape index (κ1) is 23.4. The Morgan fingerprint density at radius 1 is 1.06 bits per heavy atom. The predicted molar refractivity (Wildman–Crippen MR) is 123 cm³/mol. The van der Waals surface area contributed by atoms with Crippen LogP contribution in [0.4, 0.5) is 13.2 Å². The van der Waals surface area contributed by atoms with Crippen molar-refractivity contribution in [1.29, 1.82) is 0 Å². The van der Waals surface area contributed by atoms with E-state index < -0.39 is 23.8 Å². The van der Waals surface area contributed by atoms with Gasteiger partial charge in [-0.25, -0.2) is 0 Å². The zero-order chi connectivity index (χ0) is 24.3. The van der Waals surface area contributed by atoms with Crippen LogP contribution in [0.15, 0.2) is 79.0 Å². The van der Waals surface area contributed by atoms with Crippen LogP contribution in [0, 0.1) is 0 Å². The third-order valence-corrected chi connectivity index (χ3v) is 5.66. The van der Waals surface area contributed by atoms with E-state index in [9.17, 15) is 23.1 Å². The fourth-order valence-electron chi connectivity index (χ4n) is 3.98. The number of hydrogen-bond donors (Lipinski definition) is 2. The van der Waals surface area contributed by atoms with Crippen molar-refractivity contribution in [1.82, 2.24) is 9.88 Å². The van der Waals surface area contributed by atoms with Crippen molar-refractivity contribution in [3.8, 4) is 5.75 Å². The minimum atomic E-state index is -4.56. The number of aromatic nitrogens is 1. The Bertz CT molecular complexity index is 1300. The van der Waals surface area contributed by atoms with E-state index >= 15 is 0 Å². The van der Waals surface area contributed by atoms with Crippen LogP contribution < -0.4 is 10.1 Å². The second-order valence-corrected chi connectivity index (χ2v) is 7.93. The number of methoxy groups -OCH3 is 1. The van der Waals surface area contributed by atoms with E-state index in [2.05, 4.69) is 9.88 Å². The summed E-state index contributed by atoms with van der Waals surface area (Å²) in [5.41, 5.74) is 1.99. The topological polar surface area (TPSA) is 63.5 Å². The van der Waals surface area contributed by atoms with Crippen molar-refractivity contribution in [2.45, 2.75) is 25.3 Å². The van der Waals surface area contributed by atoms with Crippen LogP contribution in [0.25, 0.3) is 10.9 Å². The summed E-state index contributed by atoms with van der Waals surface area (Å²) in [4.78, 5) is 11.9. The maximum Gasteiger partial charge on any atom is 0.416 e. The number of rotatable bonds is 8. The van der Waals surface area contributed by atoms with Gasteiger partial charge < -0.3 is 14.4 Å². The second kappa shape index (κ2) is 9.61. The van der Waals surface area contributed by atoms with Gasteiger partial charge in [0.25, 0.3) is 0 Å². The molecule has 0 aliphatic heterocycles. The monoisotopic (exact) mass is 468 g/mol. The van der Waals surface area contributed by atoms with E-state index in [1.54, 1.807) is 7.11 Å². The Morgan fingerprint density at radius 2 is 1.82 bits per heavy atom. The highest BCUT2D eigenvalue weighted by Crippen LogP contribution is 2.31. The van der Waals surface area contributed by atoms with Gasteiger partial charge in [0.05, 0.1) is 12.7 Å². The summed E-state index contributed by atoms with van der Waals surface area (Å²) >= 11 is 0. The number of nitrogens with one attached hydrogen (secondary N) is 1. The smallest absolute Gasteiger partial charge is 0.416 e. The molecule has 4 aromatic rings. The van der Waals surface area contributed by atoms with Gasteiger partial charge in [-0.1, -0.05) is 42.5 Å². The summed E-state index contributed by atoms with van der Waals surface area (Å²) in [5.74, 6) is -0.608. The first-order valence-corrected chi connectivity index (χ1v) is 10.6. The standard InChI is InChI=1S/C26H23F3N2O3/c1-34-21-10-11-23-22(13-21)19(16-31(23)15-17-6-3-2-4-7-17)14-30-24(25(32)33)18-8-5-9-20(12-18)26(27,28)29/h2-13,16,24,30H,14-15H2,1H3,(H,32,33). The molecule has 0 aliphatic rings. The molecular formula is C26H23F3N2O3. The zero-order valence-electron chi connectivity index (χ0n) is 18.3. The molecule has 3 aromatic carbocycles. The molecule has 8 heteroatoms. The average molecular weight is 468 g/mol. The highest BCUT2D eigenvalue weighted by Gasteiger charge is 2.32. The lowest BCUT2D eigenvalue weighted by molar-refractivity contribution is -0.140. The molecule has 0 saturated carbocycles. The second-order valence-electron chi connectivity index (χ2n) is 7.93. The molecule has 1 heterocycles. The lowest BCUT2D eigenvalue weighted by Crippen LogP contribution is -2.28. The van der Waals surface area contributed by atoms with Gasteiger partial charge in [-0.15, -0.1) is 0 Å². The van der Waals surface area contributed by atoms with Gasteiger partial charge in [0.2, 0.25) is 0 Å². The van der Waals surface area contributed by atoms with Gasteiger partial charge in [0.15, 0.2) is 0 Å². The van der Waals surface area contributed by atoms with Gasteiger partial charge in [-0.05, 0) is 47.0 Å². The summed E-state index contributed by atoms with van der Waals surface area (Å²) in [5, 5.41) is 13.5. The number of nitrogens with zero attached hydrogens (tertiary/aromatic N) is 1. The molecule has 176 valence electrons. The Morgan fingerprint density at radius 3 is 2.50 bits per heavy atom. The van der Waals surface area contributed by atoms with Gasteiger partial charge in [0.1, 0.15) is 11.8 Å². The van der Waals surface area contributed by atoms with Crippen LogP contribution in [0.2, 0.25) is 0 Å². The molecular weight excluding hydrogens is 445 g/mol. The molecule has 4 rings (SSSR count). The third kappa shape index (κ3) is 5.07. The molecule has 0 radical (unpaired) electrons. The number of alkyl halides is 3. The fourth-order valence-corrected chi connectivity index (χ4v) is 3.98. The van der Waals surface area contributed by atoms with E-state index in [-0.39, 0.29) is 12.1 Å². The highest BCUT2D eigenvalue weighted by molar-refractivity contribution is 5.85. The molecule has 1 atom stereocenters. The van der Waals surface area contributed by atoms with Crippen LogP contribution in [0.3, 0.4) is 0 Å². The number of hydrogen-bond acceptors (Lipinski definition) is 3. The Balaban J connectivity index is 1.65. The van der Waals surface area contributed by atoms with Gasteiger partial charge in [0, 0.05) is 30.2 Å². The molecule has 0 bridgehead atoms. The molecule has 2 N–H and O–H groups in total. The first-order valence-electron chi connectivity index (χ1n) is 10.6. The number of benzene rings is 3. The Kier molecular flexibility index (Phi) is 6.61. The summed E-state index contributed by atoms with van der Waals surface area (Å²) in [6, 6.07) is 18.6. The molecule has 0 saturated heterocycles. The number of aliphatic carboxylic acids is 1. The van der Waals surface area contributed by atoms with Crippen molar-refractivity contribution >= 4 is 16.9 Å². The van der Waals surface area contributed by atoms with Crippen molar-refractivity contribution in [2.24, 2.45) is 0 Å². The molecule has 0 amide bonds. The van der Waals surface area contributed by atoms with E-state index in [1.165, 1.54) is 12.1 Å². The minimum absolute atomic E-state index is 0.0351. The van der Waals surface area contributed by atoms with Gasteiger partial charge in [-0.3, -0.25) is 10.1 Å². The van der Waals surface area contributed by atoms with Crippen LogP contribution >= 0.6 is 0 Å². The zero-order valence-corrected chi connectivity index (χ0v) is 18.3. The van der Waals surface area contributed by atoms with E-state index in [0.29, 0.717) is 12.3 Å². The minimum Gasteiger partial charge on any atom is -0.497 e. The average Bonchev–Trinajstić information content (AvgIpc) is 3.15. The van der Waals surface area contributed by atoms with Gasteiger partial charge in [-0.2, -0.15) is 13.2 Å². The summed E-state index contributed by atoms with van der Waals surface area (Å²) in [6.07, 6.45) is -2.63. The molecule has 1 aromatic heterocycles. The van der Waals surface area contributed by atoms with E-state index in [1.807, 2.05) is 54.7 Å². The molecule has 1 unspecified atom stereocenters. The quantitative estimate of drug-likeness (QED) is 0.352. The number of halogens is 3. The molecule has 34 heavy (non-hydrogen) atoms. The highest BCUT2D eigenvalue weighted by atomic mass is 19.4. The molecule has 0 spiro atoms. The predicted octanol–water partition coefficient (Wildman–Crippen LogP) is 5.63. The lowest BCUT2D eigenvalue weighted by Gasteiger charge is -2.16. The molecule has 0 aliphatic carbocycles. The Hall–Kier alpha value is -3.78. The third-order valence-electron chi connectivity index (χ3n) is 5.66. The molecule has 5 nitrogen and oxygen atoms in total. The SMILES string of the molecule is COc1ccc2c(c1)c(CNC(C(=O)O)c1cccc(C(F)(F)F)c1)cn2Cc1ccccc1. The van der Waals surface area contributed by atoms with E-state index in [0.717, 1.165) is 34.2 Å². The summed E-state index contributed by atoms with van der Waals surface area (Å²) in [6.45, 7) is 0.748. The summed E-state index contributed by atoms with van der Waals surface area (Å²) < 4.78 is 46.8. The van der Waals surface area contributed by atoms with Crippen molar-refractivity contribution in [3.05, 3.63) is 101 Å². The van der Waals surface area contributed by atoms with Crippen LogP contribution in [0.1, 0.15) is 28.3 Å². The normalized spacial score (nSPS) is 12.6. The van der Waals surface area contributed by atoms with Crippen molar-refractivity contribution in [3.63, 3.8) is 0 Å². The van der Waals surface area contributed by atoms with Crippen LogP contribution in [0.5, 0.6) is 5.75 Å². The van der Waals surface area contributed by atoms with Crippen molar-refractivity contribution < 1.29 is 27.8 Å². The van der Waals surface area contributed by atoms with E-state index in [4.69, 9.17) is 4.74 Å². The Labute approximate surface area is 194 Å². The largest absolute Gasteiger partial charge is 0.497 e. The van der Waals surface area contributed by atoms with Crippen LogP contribution in [-0.4, -0.2) is 22.8 Å². The number of fused-ring (bicyclic) bond motifs is 1. The number of carboxylic acids is 1.